The van der Waals surface area contributed by atoms with Crippen LogP contribution in [0, 0.1) is 5.92 Å². The fourth-order valence-corrected chi connectivity index (χ4v) is 3.25. The van der Waals surface area contributed by atoms with Gasteiger partial charge >= 0.3 is 5.97 Å². The van der Waals surface area contributed by atoms with Gasteiger partial charge in [-0.15, -0.1) is 0 Å². The van der Waals surface area contributed by atoms with Gasteiger partial charge in [-0.3, -0.25) is 4.79 Å². The van der Waals surface area contributed by atoms with Crippen LogP contribution in [0.25, 0.3) is 0 Å². The minimum Gasteiger partial charge on any atom is -0.481 e. The van der Waals surface area contributed by atoms with Crippen molar-refractivity contribution >= 4 is 5.97 Å². The van der Waals surface area contributed by atoms with E-state index in [1.807, 2.05) is 6.92 Å². The van der Waals surface area contributed by atoms with Crippen LogP contribution in [0.2, 0.25) is 0 Å². The average molecular weight is 285 g/mol. The maximum Gasteiger partial charge on any atom is 0.303 e. The van der Waals surface area contributed by atoms with Crippen LogP contribution in [0.15, 0.2) is 0 Å². The van der Waals surface area contributed by atoms with E-state index in [1.54, 1.807) is 0 Å². The van der Waals surface area contributed by atoms with Crippen molar-refractivity contribution in [1.82, 2.24) is 4.90 Å². The Bertz CT molecular complexity index is 347. The summed E-state index contributed by atoms with van der Waals surface area (Å²) in [4.78, 5) is 13.1. The molecule has 5 nitrogen and oxygen atoms in total. The number of aliphatic carboxylic acids is 1. The number of nitrogens with zero attached hydrogens (tertiary/aromatic N) is 1. The molecule has 20 heavy (non-hydrogen) atoms. The van der Waals surface area contributed by atoms with E-state index in [0.29, 0.717) is 25.0 Å². The average Bonchev–Trinajstić information content (AvgIpc) is 2.94. The summed E-state index contributed by atoms with van der Waals surface area (Å²) in [6, 6.07) is 0.599. The van der Waals surface area contributed by atoms with Crippen LogP contribution in [0.5, 0.6) is 0 Å². The molecule has 2 aliphatic heterocycles. The quantitative estimate of drug-likeness (QED) is 0.810. The van der Waals surface area contributed by atoms with Crippen molar-refractivity contribution < 1.29 is 19.4 Å². The van der Waals surface area contributed by atoms with Gasteiger partial charge in [0.1, 0.15) is 0 Å². The molecule has 0 aromatic heterocycles. The molecule has 0 amide bonds. The normalized spacial score (nSPS) is 35.0. The van der Waals surface area contributed by atoms with E-state index in [9.17, 15) is 4.79 Å². The second-order valence-corrected chi connectivity index (χ2v) is 6.56. The van der Waals surface area contributed by atoms with Gasteiger partial charge in [-0.1, -0.05) is 0 Å². The van der Waals surface area contributed by atoms with Gasteiger partial charge in [-0.05, 0) is 46.1 Å². The van der Waals surface area contributed by atoms with Crippen LogP contribution in [0.1, 0.15) is 46.5 Å². The number of carboxylic acids is 1. The summed E-state index contributed by atoms with van der Waals surface area (Å²) in [5, 5.41) is 8.71. The zero-order valence-corrected chi connectivity index (χ0v) is 12.8. The molecule has 0 aliphatic carbocycles. The molecule has 2 heterocycles. The summed E-state index contributed by atoms with van der Waals surface area (Å²) in [6.07, 6.45) is 2.71. The molecule has 2 saturated heterocycles. The van der Waals surface area contributed by atoms with Gasteiger partial charge in [0.05, 0.1) is 12.7 Å². The molecule has 3 unspecified atom stereocenters. The lowest BCUT2D eigenvalue weighted by Gasteiger charge is -2.27. The van der Waals surface area contributed by atoms with Crippen molar-refractivity contribution in [2.24, 2.45) is 5.92 Å². The monoisotopic (exact) mass is 285 g/mol. The summed E-state index contributed by atoms with van der Waals surface area (Å²) in [5.41, 5.74) is 0. The first-order valence-corrected chi connectivity index (χ1v) is 7.65. The number of carboxylic acid groups (broad SMARTS) is 1. The Hall–Kier alpha value is -0.650. The zero-order valence-electron chi connectivity index (χ0n) is 12.8. The molecule has 2 rings (SSSR count). The topological polar surface area (TPSA) is 59.0 Å². The van der Waals surface area contributed by atoms with Gasteiger partial charge in [0.25, 0.3) is 0 Å². The molecule has 0 aromatic carbocycles. The third-order valence-corrected chi connectivity index (χ3v) is 4.38. The molecule has 0 aromatic rings. The Kier molecular flexibility index (Phi) is 5.04. The van der Waals surface area contributed by atoms with Gasteiger partial charge in [-0.25, -0.2) is 0 Å². The summed E-state index contributed by atoms with van der Waals surface area (Å²) in [7, 11) is 0. The smallest absolute Gasteiger partial charge is 0.303 e. The highest BCUT2D eigenvalue weighted by Gasteiger charge is 2.40. The molecule has 2 fully saturated rings. The number of rotatable bonds is 6. The third kappa shape index (κ3) is 4.17. The van der Waals surface area contributed by atoms with Crippen molar-refractivity contribution in [2.45, 2.75) is 64.4 Å². The van der Waals surface area contributed by atoms with Gasteiger partial charge in [0.15, 0.2) is 5.79 Å². The Balaban J connectivity index is 1.77. The van der Waals surface area contributed by atoms with E-state index in [1.165, 1.54) is 6.42 Å². The standard InChI is InChI=1S/C15H27NO4/c1-11(2)16-7-6-12(9-16)8-15(3)19-10-13(20-15)4-5-14(17)18/h11-13H,4-10H2,1-3H3,(H,17,18). The highest BCUT2D eigenvalue weighted by Crippen LogP contribution is 2.34. The van der Waals surface area contributed by atoms with Gasteiger partial charge < -0.3 is 19.5 Å². The van der Waals surface area contributed by atoms with E-state index in [-0.39, 0.29) is 12.5 Å². The predicted octanol–water partition coefficient (Wildman–Crippen LogP) is 2.10. The molecular weight excluding hydrogens is 258 g/mol. The van der Waals surface area contributed by atoms with Crippen molar-refractivity contribution in [2.75, 3.05) is 19.7 Å². The van der Waals surface area contributed by atoms with E-state index in [2.05, 4.69) is 18.7 Å². The second-order valence-electron chi connectivity index (χ2n) is 6.56. The van der Waals surface area contributed by atoms with Crippen LogP contribution >= 0.6 is 0 Å². The number of carbonyl (C=O) groups is 1. The first-order valence-electron chi connectivity index (χ1n) is 7.65. The van der Waals surface area contributed by atoms with Crippen LogP contribution in [-0.2, 0) is 14.3 Å². The van der Waals surface area contributed by atoms with Gasteiger partial charge in [0, 0.05) is 25.4 Å². The Morgan fingerprint density at radius 1 is 1.50 bits per heavy atom. The lowest BCUT2D eigenvalue weighted by Crippen LogP contribution is -2.32. The van der Waals surface area contributed by atoms with Gasteiger partial charge in [-0.2, -0.15) is 0 Å². The van der Waals surface area contributed by atoms with E-state index < -0.39 is 11.8 Å². The van der Waals surface area contributed by atoms with Crippen molar-refractivity contribution in [1.29, 1.82) is 0 Å². The molecule has 2 aliphatic rings. The van der Waals surface area contributed by atoms with Gasteiger partial charge in [0.2, 0.25) is 0 Å². The van der Waals surface area contributed by atoms with Crippen molar-refractivity contribution in [3.63, 3.8) is 0 Å². The number of likely N-dealkylation sites (tertiary alicyclic amines) is 1. The van der Waals surface area contributed by atoms with E-state index in [4.69, 9.17) is 14.6 Å². The Labute approximate surface area is 121 Å². The number of hydrogen-bond donors (Lipinski definition) is 1. The summed E-state index contributed by atoms with van der Waals surface area (Å²) in [6.45, 7) is 9.24. The SMILES string of the molecule is CC(C)N1CCC(CC2(C)OCC(CCC(=O)O)O2)C1. The van der Waals surface area contributed by atoms with E-state index >= 15 is 0 Å². The van der Waals surface area contributed by atoms with E-state index in [0.717, 1.165) is 19.5 Å². The second kappa shape index (κ2) is 6.41. The maximum atomic E-state index is 10.6. The minimum absolute atomic E-state index is 0.0706. The first-order chi connectivity index (χ1) is 9.38. The molecule has 116 valence electrons. The largest absolute Gasteiger partial charge is 0.481 e. The van der Waals surface area contributed by atoms with Crippen LogP contribution in [0.4, 0.5) is 0 Å². The minimum atomic E-state index is -0.773. The highest BCUT2D eigenvalue weighted by molar-refractivity contribution is 5.66. The lowest BCUT2D eigenvalue weighted by molar-refractivity contribution is -0.167. The summed E-state index contributed by atoms with van der Waals surface area (Å²) in [5.74, 6) is -0.688. The molecule has 3 atom stereocenters. The Morgan fingerprint density at radius 2 is 2.25 bits per heavy atom. The number of hydrogen-bond acceptors (Lipinski definition) is 4. The fourth-order valence-electron chi connectivity index (χ4n) is 3.25. The molecule has 5 heteroatoms. The molecule has 0 bridgehead atoms. The molecule has 0 spiro atoms. The maximum absolute atomic E-state index is 10.6. The predicted molar refractivity (Wildman–Crippen MR) is 75.5 cm³/mol. The molecule has 0 saturated carbocycles. The molecule has 0 radical (unpaired) electrons. The highest BCUT2D eigenvalue weighted by atomic mass is 16.7. The lowest BCUT2D eigenvalue weighted by atomic mass is 9.99. The summed E-state index contributed by atoms with van der Waals surface area (Å²) >= 11 is 0. The van der Waals surface area contributed by atoms with Crippen LogP contribution in [0.3, 0.4) is 0 Å². The molecule has 1 N–H and O–H groups in total. The zero-order chi connectivity index (χ0) is 14.8. The fraction of sp³-hybridized carbons (Fsp3) is 0.933. The Morgan fingerprint density at radius 3 is 2.85 bits per heavy atom. The molecular formula is C15H27NO4. The van der Waals surface area contributed by atoms with Crippen LogP contribution in [-0.4, -0.2) is 53.6 Å². The summed E-state index contributed by atoms with van der Waals surface area (Å²) < 4.78 is 11.8. The van der Waals surface area contributed by atoms with Crippen molar-refractivity contribution in [3.05, 3.63) is 0 Å². The number of ether oxygens (including phenoxy) is 2. The first kappa shape index (κ1) is 15.7. The van der Waals surface area contributed by atoms with Crippen molar-refractivity contribution in [3.8, 4) is 0 Å². The third-order valence-electron chi connectivity index (χ3n) is 4.38. The van der Waals surface area contributed by atoms with Crippen LogP contribution < -0.4 is 0 Å².